The Morgan fingerprint density at radius 3 is 3.00 bits per heavy atom. The van der Waals surface area contributed by atoms with Gasteiger partial charge in [0.15, 0.2) is 11.2 Å². The van der Waals surface area contributed by atoms with Gasteiger partial charge >= 0.3 is 0 Å². The van der Waals surface area contributed by atoms with Crippen molar-refractivity contribution in [3.8, 4) is 0 Å². The lowest BCUT2D eigenvalue weighted by atomic mass is 10.1. The summed E-state index contributed by atoms with van der Waals surface area (Å²) in [6.45, 7) is 2.63. The average molecular weight is 304 g/mol. The van der Waals surface area contributed by atoms with Crippen LogP contribution in [0.25, 0.3) is 11.2 Å². The summed E-state index contributed by atoms with van der Waals surface area (Å²) in [7, 11) is 0. The summed E-state index contributed by atoms with van der Waals surface area (Å²) in [5.74, 6) is 0.0941. The highest BCUT2D eigenvalue weighted by Gasteiger charge is 2.09. The van der Waals surface area contributed by atoms with Gasteiger partial charge in [0.1, 0.15) is 0 Å². The Balaban J connectivity index is 1.88. The maximum Gasteiger partial charge on any atom is 0.280 e. The second-order valence-corrected chi connectivity index (χ2v) is 5.30. The van der Waals surface area contributed by atoms with Gasteiger partial charge in [0.05, 0.1) is 6.33 Å². The van der Waals surface area contributed by atoms with Crippen LogP contribution in [-0.4, -0.2) is 19.5 Å². The molecule has 7 heteroatoms. The van der Waals surface area contributed by atoms with Crippen molar-refractivity contribution in [2.24, 2.45) is 0 Å². The van der Waals surface area contributed by atoms with Crippen LogP contribution in [0.15, 0.2) is 29.3 Å². The number of nitrogens with one attached hydrogen (secondary N) is 1. The summed E-state index contributed by atoms with van der Waals surface area (Å²) >= 11 is 6.02. The minimum atomic E-state index is -0.321. The Labute approximate surface area is 125 Å². The van der Waals surface area contributed by atoms with Gasteiger partial charge in [0.2, 0.25) is 5.95 Å². The third-order valence-corrected chi connectivity index (χ3v) is 3.78. The second kappa shape index (κ2) is 5.21. The Hall–Kier alpha value is -2.34. The van der Waals surface area contributed by atoms with Crippen LogP contribution in [0.1, 0.15) is 11.1 Å². The molecule has 0 aliphatic carbocycles. The van der Waals surface area contributed by atoms with Gasteiger partial charge in [-0.15, -0.1) is 0 Å². The van der Waals surface area contributed by atoms with E-state index in [1.165, 1.54) is 0 Å². The Bertz CT molecular complexity index is 867. The molecule has 6 nitrogen and oxygen atoms in total. The Kier molecular flexibility index (Phi) is 3.39. The number of hydrogen-bond acceptors (Lipinski definition) is 4. The fourth-order valence-electron chi connectivity index (χ4n) is 2.25. The lowest BCUT2D eigenvalue weighted by Gasteiger charge is -2.06. The Morgan fingerprint density at radius 1 is 1.43 bits per heavy atom. The highest BCUT2D eigenvalue weighted by Crippen LogP contribution is 2.17. The van der Waals surface area contributed by atoms with Crippen LogP contribution < -0.4 is 11.3 Å². The average Bonchev–Trinajstić information content (AvgIpc) is 2.83. The predicted molar refractivity (Wildman–Crippen MR) is 82.5 cm³/mol. The van der Waals surface area contributed by atoms with Crippen molar-refractivity contribution < 1.29 is 0 Å². The van der Waals surface area contributed by atoms with E-state index in [0.29, 0.717) is 17.7 Å². The highest BCUT2D eigenvalue weighted by molar-refractivity contribution is 6.31. The van der Waals surface area contributed by atoms with E-state index in [1.807, 2.05) is 23.6 Å². The molecule has 1 aromatic carbocycles. The number of aromatic nitrogens is 4. The first-order valence-corrected chi connectivity index (χ1v) is 6.88. The van der Waals surface area contributed by atoms with Gasteiger partial charge in [-0.2, -0.15) is 4.98 Å². The smallest absolute Gasteiger partial charge is 0.280 e. The first-order valence-electron chi connectivity index (χ1n) is 6.50. The van der Waals surface area contributed by atoms with Crippen LogP contribution in [0.3, 0.4) is 0 Å². The molecule has 2 aromatic heterocycles. The predicted octanol–water partition coefficient (Wildman–Crippen LogP) is 1.91. The SMILES string of the molecule is Cc1cc(CCn2cnc3c(=O)[nH]c(N)nc32)ccc1Cl. The number of halogens is 1. The summed E-state index contributed by atoms with van der Waals surface area (Å²) in [6.07, 6.45) is 2.40. The molecule has 0 bridgehead atoms. The molecule has 0 fully saturated rings. The van der Waals surface area contributed by atoms with Crippen molar-refractivity contribution >= 4 is 28.7 Å². The maximum absolute atomic E-state index is 11.7. The molecule has 0 amide bonds. The van der Waals surface area contributed by atoms with Gasteiger partial charge < -0.3 is 10.3 Å². The number of nitrogen functional groups attached to an aromatic ring is 1. The molecule has 3 N–H and O–H groups in total. The molecule has 108 valence electrons. The molecule has 3 rings (SSSR count). The van der Waals surface area contributed by atoms with Gasteiger partial charge in [-0.25, -0.2) is 4.98 Å². The van der Waals surface area contributed by atoms with Crippen molar-refractivity contribution in [1.29, 1.82) is 0 Å². The maximum atomic E-state index is 11.7. The third-order valence-electron chi connectivity index (χ3n) is 3.36. The number of aromatic amines is 1. The molecular formula is C14H14ClN5O. The molecule has 0 spiro atoms. The van der Waals surface area contributed by atoms with Gasteiger partial charge in [-0.05, 0) is 30.5 Å². The van der Waals surface area contributed by atoms with E-state index in [2.05, 4.69) is 21.0 Å². The quantitative estimate of drug-likeness (QED) is 0.773. The molecule has 0 saturated carbocycles. The van der Waals surface area contributed by atoms with E-state index in [9.17, 15) is 4.79 Å². The largest absolute Gasteiger partial charge is 0.369 e. The summed E-state index contributed by atoms with van der Waals surface area (Å²) in [4.78, 5) is 22.4. The molecule has 2 heterocycles. The van der Waals surface area contributed by atoms with Crippen molar-refractivity contribution in [2.75, 3.05) is 5.73 Å². The lowest BCUT2D eigenvalue weighted by molar-refractivity contribution is 0.709. The second-order valence-electron chi connectivity index (χ2n) is 4.89. The highest BCUT2D eigenvalue weighted by atomic mass is 35.5. The molecule has 0 unspecified atom stereocenters. The number of nitrogens with two attached hydrogens (primary N) is 1. The number of imidazole rings is 1. The van der Waals surface area contributed by atoms with E-state index in [0.717, 1.165) is 22.6 Å². The number of nitrogens with zero attached hydrogens (tertiary/aromatic N) is 3. The van der Waals surface area contributed by atoms with E-state index >= 15 is 0 Å². The van der Waals surface area contributed by atoms with Crippen LogP contribution in [0.2, 0.25) is 5.02 Å². The summed E-state index contributed by atoms with van der Waals surface area (Å²) in [5.41, 5.74) is 8.27. The van der Waals surface area contributed by atoms with Gasteiger partial charge in [-0.3, -0.25) is 9.78 Å². The summed E-state index contributed by atoms with van der Waals surface area (Å²) < 4.78 is 1.82. The van der Waals surface area contributed by atoms with Gasteiger partial charge in [0.25, 0.3) is 5.56 Å². The van der Waals surface area contributed by atoms with E-state index < -0.39 is 0 Å². The van der Waals surface area contributed by atoms with Crippen molar-refractivity contribution in [1.82, 2.24) is 19.5 Å². The van der Waals surface area contributed by atoms with Crippen LogP contribution in [0.5, 0.6) is 0 Å². The summed E-state index contributed by atoms with van der Waals surface area (Å²) in [6, 6.07) is 5.93. The molecule has 0 radical (unpaired) electrons. The minimum Gasteiger partial charge on any atom is -0.369 e. The molecule has 3 aromatic rings. The fraction of sp³-hybridized carbons (Fsp3) is 0.214. The van der Waals surface area contributed by atoms with Crippen LogP contribution >= 0.6 is 11.6 Å². The molecule has 21 heavy (non-hydrogen) atoms. The first kappa shape index (κ1) is 13.6. The third kappa shape index (κ3) is 2.62. The van der Waals surface area contributed by atoms with Crippen LogP contribution in [0.4, 0.5) is 5.95 Å². The molecule has 0 aliphatic rings. The van der Waals surface area contributed by atoms with E-state index in [1.54, 1.807) is 6.33 Å². The zero-order chi connectivity index (χ0) is 15.0. The molecule has 0 saturated heterocycles. The topological polar surface area (TPSA) is 89.6 Å². The molecule has 0 atom stereocenters. The van der Waals surface area contributed by atoms with Gasteiger partial charge in [-0.1, -0.05) is 23.7 Å². The number of anilines is 1. The number of H-pyrrole nitrogens is 1. The molecular weight excluding hydrogens is 290 g/mol. The van der Waals surface area contributed by atoms with Crippen LogP contribution in [0, 0.1) is 6.92 Å². The Morgan fingerprint density at radius 2 is 2.24 bits per heavy atom. The number of hydrogen-bond donors (Lipinski definition) is 2. The first-order chi connectivity index (χ1) is 10.0. The zero-order valence-corrected chi connectivity index (χ0v) is 12.2. The number of fused-ring (bicyclic) bond motifs is 1. The number of aryl methyl sites for hydroxylation is 3. The van der Waals surface area contributed by atoms with Crippen LogP contribution in [-0.2, 0) is 13.0 Å². The normalized spacial score (nSPS) is 11.1. The monoisotopic (exact) mass is 303 g/mol. The van der Waals surface area contributed by atoms with Crippen molar-refractivity contribution in [3.63, 3.8) is 0 Å². The standard InChI is InChI=1S/C14H14ClN5O/c1-8-6-9(2-3-10(8)15)4-5-20-7-17-11-12(20)18-14(16)19-13(11)21/h2-3,6-7H,4-5H2,1H3,(H3,16,18,19,21). The minimum absolute atomic E-state index is 0.0941. The zero-order valence-electron chi connectivity index (χ0n) is 11.4. The number of benzene rings is 1. The lowest BCUT2D eigenvalue weighted by Crippen LogP contribution is -2.12. The van der Waals surface area contributed by atoms with Gasteiger partial charge in [0, 0.05) is 11.6 Å². The van der Waals surface area contributed by atoms with E-state index in [-0.39, 0.29) is 11.5 Å². The summed E-state index contributed by atoms with van der Waals surface area (Å²) in [5, 5.41) is 0.757. The number of rotatable bonds is 3. The van der Waals surface area contributed by atoms with E-state index in [4.69, 9.17) is 17.3 Å². The molecule has 0 aliphatic heterocycles. The van der Waals surface area contributed by atoms with Crippen molar-refractivity contribution in [2.45, 2.75) is 19.9 Å². The fourth-order valence-corrected chi connectivity index (χ4v) is 2.36. The van der Waals surface area contributed by atoms with Crippen molar-refractivity contribution in [3.05, 3.63) is 51.0 Å².